The molecule has 2 amide bonds. The minimum absolute atomic E-state index is 0.0605. The van der Waals surface area contributed by atoms with E-state index in [0.29, 0.717) is 52.1 Å². The third kappa shape index (κ3) is 62.4. The molecule has 0 aliphatic rings. The summed E-state index contributed by atoms with van der Waals surface area (Å²) in [4.78, 5) is 35.9. The number of hydrogen-bond acceptors (Lipinski definition) is 11. The van der Waals surface area contributed by atoms with Gasteiger partial charge in [0.2, 0.25) is 11.8 Å². The molecule has 0 aliphatic carbocycles. The maximum absolute atomic E-state index is 13.9. The molecule has 5 atom stereocenters. The summed E-state index contributed by atoms with van der Waals surface area (Å²) in [5, 5.41) is 48.0. The lowest BCUT2D eigenvalue weighted by Crippen LogP contribution is -2.49. The first-order valence-electron chi connectivity index (χ1n) is 38.1. The second-order valence-corrected chi connectivity index (χ2v) is 29.6. The topological polar surface area (TPSA) is 140 Å². The Morgan fingerprint density at radius 2 is 0.700 bits per heavy atom. The van der Waals surface area contributed by atoms with E-state index in [1.807, 2.05) is 31.9 Å². The van der Waals surface area contributed by atoms with E-state index in [1.54, 1.807) is 15.7 Å². The highest BCUT2D eigenvalue weighted by Gasteiger charge is 2.25. The standard InChI is InChI=1S/C77H149N5O6S2/c1-8-12-16-20-24-28-30-32-34-36-38-42-46-50-55-71(83)67-81(68-72(84)56-51-47-43-39-37-35-33-31-29-25-21-17-13-9-2)61-52-53-65-89-90-66-60-75(77(88)80(7)64-63-79(5)6)78-76(87)59-54-62-82(69-73(85)57-48-44-40-26-22-18-14-10-3)70-74(86)58-49-45-41-27-23-19-15-11-4/h24-25,28-29,32-35,71-75,83-86H,8-23,26-27,30-31,36-70H2,1-7H3,(H,78,87)/b28-24-,29-25-,34-32-,35-33-. The molecule has 0 aliphatic heterocycles. The number of aliphatic hydroxyl groups excluding tert-OH is 4. The van der Waals surface area contributed by atoms with Crippen molar-refractivity contribution in [2.45, 2.75) is 347 Å². The second-order valence-electron chi connectivity index (χ2n) is 26.9. The number of carbonyl (C=O) groups excluding carboxylic acids is 2. The van der Waals surface area contributed by atoms with E-state index in [4.69, 9.17) is 0 Å². The van der Waals surface area contributed by atoms with E-state index in [0.717, 1.165) is 140 Å². The third-order valence-electron chi connectivity index (χ3n) is 17.4. The van der Waals surface area contributed by atoms with E-state index < -0.39 is 30.5 Å². The van der Waals surface area contributed by atoms with Gasteiger partial charge in [0.05, 0.1) is 24.4 Å². The van der Waals surface area contributed by atoms with E-state index in [9.17, 15) is 30.0 Å². The Morgan fingerprint density at radius 3 is 1.09 bits per heavy atom. The van der Waals surface area contributed by atoms with Crippen LogP contribution in [0.5, 0.6) is 0 Å². The molecular formula is C77H149N5O6S2. The van der Waals surface area contributed by atoms with Crippen molar-refractivity contribution in [1.29, 1.82) is 0 Å². The third-order valence-corrected chi connectivity index (χ3v) is 20.0. The van der Waals surface area contributed by atoms with E-state index in [-0.39, 0.29) is 18.2 Å². The Kier molecular flexibility index (Phi) is 67.4. The molecule has 0 aromatic rings. The summed E-state index contributed by atoms with van der Waals surface area (Å²) in [7, 11) is 9.42. The molecule has 0 fully saturated rings. The monoisotopic (exact) mass is 1300 g/mol. The van der Waals surface area contributed by atoms with Gasteiger partial charge in [-0.25, -0.2) is 0 Å². The molecular weight excluding hydrogens is 1160 g/mol. The molecule has 0 aromatic carbocycles. The number of hydrogen-bond donors (Lipinski definition) is 5. The second kappa shape index (κ2) is 68.7. The van der Waals surface area contributed by atoms with Crippen molar-refractivity contribution in [3.63, 3.8) is 0 Å². The molecule has 0 saturated heterocycles. The zero-order valence-electron chi connectivity index (χ0n) is 60.1. The molecule has 13 heteroatoms. The lowest BCUT2D eigenvalue weighted by Gasteiger charge is -2.28. The lowest BCUT2D eigenvalue weighted by molar-refractivity contribution is -0.135. The molecule has 0 radical (unpaired) electrons. The number of carbonyl (C=O) groups is 2. The fourth-order valence-corrected chi connectivity index (χ4v) is 13.9. The minimum Gasteiger partial charge on any atom is -0.392 e. The van der Waals surface area contributed by atoms with Crippen molar-refractivity contribution in [3.05, 3.63) is 48.6 Å². The number of nitrogens with one attached hydrogen (secondary N) is 1. The smallest absolute Gasteiger partial charge is 0.244 e. The van der Waals surface area contributed by atoms with Crippen LogP contribution in [-0.4, -0.2) is 167 Å². The predicted octanol–water partition coefficient (Wildman–Crippen LogP) is 18.8. The van der Waals surface area contributed by atoms with E-state index in [2.05, 4.69) is 96.3 Å². The van der Waals surface area contributed by atoms with Crippen LogP contribution in [0.3, 0.4) is 0 Å². The van der Waals surface area contributed by atoms with Gasteiger partial charge in [-0.2, -0.15) is 0 Å². The van der Waals surface area contributed by atoms with Crippen LogP contribution >= 0.6 is 21.6 Å². The fraction of sp³-hybridized carbons (Fsp3) is 0.870. The van der Waals surface area contributed by atoms with Crippen LogP contribution in [0.4, 0.5) is 0 Å². The lowest BCUT2D eigenvalue weighted by atomic mass is 10.0. The molecule has 0 heterocycles. The molecule has 0 aromatic heterocycles. The normalized spacial score (nSPS) is 14.0. The van der Waals surface area contributed by atoms with Gasteiger partial charge in [0.15, 0.2) is 0 Å². The summed E-state index contributed by atoms with van der Waals surface area (Å²) in [6.07, 6.45) is 66.4. The van der Waals surface area contributed by atoms with Crippen LogP contribution in [0.1, 0.15) is 317 Å². The quantitative estimate of drug-likeness (QED) is 0.0226. The van der Waals surface area contributed by atoms with Crippen molar-refractivity contribution < 1.29 is 30.0 Å². The molecule has 11 nitrogen and oxygen atoms in total. The Labute approximate surface area is 565 Å². The van der Waals surface area contributed by atoms with E-state index in [1.165, 1.54) is 154 Å². The van der Waals surface area contributed by atoms with Crippen LogP contribution in [0.25, 0.3) is 0 Å². The number of rotatable bonds is 70. The summed E-state index contributed by atoms with van der Waals surface area (Å²) < 4.78 is 0. The summed E-state index contributed by atoms with van der Waals surface area (Å²) in [5.74, 6) is 1.51. The summed E-state index contributed by atoms with van der Waals surface area (Å²) >= 11 is 0. The Morgan fingerprint density at radius 1 is 0.367 bits per heavy atom. The number of allylic oxidation sites excluding steroid dienone is 8. The van der Waals surface area contributed by atoms with Crippen molar-refractivity contribution in [3.8, 4) is 0 Å². The molecule has 90 heavy (non-hydrogen) atoms. The summed E-state index contributed by atoms with van der Waals surface area (Å²) in [5.41, 5.74) is 0. The van der Waals surface area contributed by atoms with Crippen LogP contribution in [0, 0.1) is 0 Å². The predicted molar refractivity (Wildman–Crippen MR) is 397 cm³/mol. The zero-order valence-corrected chi connectivity index (χ0v) is 61.7. The van der Waals surface area contributed by atoms with Crippen LogP contribution in [0.15, 0.2) is 48.6 Å². The number of nitrogens with zero attached hydrogens (tertiary/aromatic N) is 4. The van der Waals surface area contributed by atoms with Crippen molar-refractivity contribution >= 4 is 33.4 Å². The van der Waals surface area contributed by atoms with Gasteiger partial charge >= 0.3 is 0 Å². The minimum atomic E-state index is -0.610. The maximum Gasteiger partial charge on any atom is 0.244 e. The highest BCUT2D eigenvalue weighted by atomic mass is 33.1. The summed E-state index contributed by atoms with van der Waals surface area (Å²) in [6.45, 7) is 14.0. The van der Waals surface area contributed by atoms with Crippen molar-refractivity contribution in [1.82, 2.24) is 24.9 Å². The summed E-state index contributed by atoms with van der Waals surface area (Å²) in [6, 6.07) is -0.610. The average Bonchev–Trinajstić information content (AvgIpc) is 3.72. The molecule has 5 N–H and O–H groups in total. The Balaban J connectivity index is 5.40. The fourth-order valence-electron chi connectivity index (χ4n) is 11.6. The first-order chi connectivity index (χ1) is 43.9. The van der Waals surface area contributed by atoms with Gasteiger partial charge in [-0.3, -0.25) is 19.4 Å². The highest BCUT2D eigenvalue weighted by molar-refractivity contribution is 8.76. The van der Waals surface area contributed by atoms with E-state index >= 15 is 0 Å². The number of unbranched alkanes of at least 4 members (excludes halogenated alkanes) is 29. The van der Waals surface area contributed by atoms with Gasteiger partial charge in [0.1, 0.15) is 6.04 Å². The van der Waals surface area contributed by atoms with Crippen molar-refractivity contribution in [2.75, 3.05) is 85.0 Å². The number of amides is 2. The Hall–Kier alpha value is -1.68. The van der Waals surface area contributed by atoms with Gasteiger partial charge < -0.3 is 35.5 Å². The Bertz CT molecular complexity index is 1570. The van der Waals surface area contributed by atoms with Gasteiger partial charge in [0.25, 0.3) is 0 Å². The van der Waals surface area contributed by atoms with Crippen LogP contribution < -0.4 is 5.32 Å². The zero-order chi connectivity index (χ0) is 66.0. The average molecular weight is 1310 g/mol. The maximum atomic E-state index is 13.9. The first kappa shape index (κ1) is 88.3. The molecule has 5 unspecified atom stereocenters. The van der Waals surface area contributed by atoms with Gasteiger partial charge in [-0.1, -0.05) is 265 Å². The molecule has 0 spiro atoms. The molecule has 0 bridgehead atoms. The van der Waals surface area contributed by atoms with Gasteiger partial charge in [-0.15, -0.1) is 0 Å². The van der Waals surface area contributed by atoms with Crippen LogP contribution in [-0.2, 0) is 9.59 Å². The van der Waals surface area contributed by atoms with Gasteiger partial charge in [-0.05, 0) is 143 Å². The first-order valence-corrected chi connectivity index (χ1v) is 40.6. The molecule has 530 valence electrons. The van der Waals surface area contributed by atoms with Gasteiger partial charge in [0, 0.05) is 64.2 Å². The SMILES string of the molecule is CCCCC/C=C\C/C=C\CCCCCCC(O)CN(CCCCSSCCC(NC(=O)CCCN(CC(O)CCCCCCCCCC)CC(O)CCCCCCCCCC)C(=O)N(C)CCN(C)C)CC(O)CCCCCC/C=C\C/C=C\CCCCC. The highest BCUT2D eigenvalue weighted by Crippen LogP contribution is 2.25. The number of aliphatic hydroxyl groups is 4. The molecule has 0 saturated carbocycles. The largest absolute Gasteiger partial charge is 0.392 e. The van der Waals surface area contributed by atoms with Crippen molar-refractivity contribution in [2.24, 2.45) is 0 Å². The molecule has 0 rings (SSSR count). The number of likely N-dealkylation sites (N-methyl/N-ethyl adjacent to an activating group) is 2. The van der Waals surface area contributed by atoms with Crippen LogP contribution in [0.2, 0.25) is 0 Å².